The van der Waals surface area contributed by atoms with E-state index in [0.29, 0.717) is 12.2 Å². The van der Waals surface area contributed by atoms with Gasteiger partial charge in [0.2, 0.25) is 0 Å². The molecular weight excluding hydrogens is 212 g/mol. The summed E-state index contributed by atoms with van der Waals surface area (Å²) in [6.45, 7) is 4.64. The Bertz CT molecular complexity index is 554. The maximum absolute atomic E-state index is 11.6. The van der Waals surface area contributed by atoms with Gasteiger partial charge in [-0.3, -0.25) is 4.79 Å². The van der Waals surface area contributed by atoms with E-state index in [-0.39, 0.29) is 7.33 Å². The maximum Gasteiger partial charge on any atom is 0.269 e. The minimum atomic E-state index is -0.117. The van der Waals surface area contributed by atoms with Crippen LogP contribution in [0.15, 0.2) is 30.3 Å². The van der Waals surface area contributed by atoms with Gasteiger partial charge in [0.1, 0.15) is 5.69 Å². The lowest BCUT2D eigenvalue weighted by atomic mass is 10.1. The summed E-state index contributed by atoms with van der Waals surface area (Å²) in [4.78, 5) is 16.0. The first kappa shape index (κ1) is 11.6. The van der Waals surface area contributed by atoms with Crippen molar-refractivity contribution in [2.24, 2.45) is 0 Å². The molecule has 90 valence electrons. The highest BCUT2D eigenvalue weighted by molar-refractivity contribution is 5.94. The maximum atomic E-state index is 11.6. The second-order valence-electron chi connectivity index (χ2n) is 3.94. The molecule has 1 aromatic carbocycles. The zero-order valence-corrected chi connectivity index (χ0v) is 10.2. The van der Waals surface area contributed by atoms with Gasteiger partial charge in [-0.2, -0.15) is 0 Å². The number of fused-ring (bicyclic) bond motifs is 1. The predicted octanol–water partition coefficient (Wildman–Crippen LogP) is 2.79. The summed E-state index contributed by atoms with van der Waals surface area (Å²) in [6.07, 6.45) is 1.01. The van der Waals surface area contributed by atoms with Gasteiger partial charge in [-0.15, -0.1) is 0 Å². The molecule has 1 amide bonds. The summed E-state index contributed by atoms with van der Waals surface area (Å²) in [6, 6.07) is 9.86. The molecule has 2 aromatic rings. The van der Waals surface area contributed by atoms with Crippen LogP contribution in [0, 0.1) is 0 Å². The van der Waals surface area contributed by atoms with Crippen molar-refractivity contribution in [2.75, 3.05) is 6.54 Å². The number of carbonyl (C=O) groups excluding carboxylic acids is 1. The molecule has 0 radical (unpaired) electrons. The molecule has 0 spiro atoms. The first-order chi connectivity index (χ1) is 8.24. The molecule has 1 aromatic heterocycles. The number of hydrogen-bond acceptors (Lipinski definition) is 2. The van der Waals surface area contributed by atoms with E-state index in [2.05, 4.69) is 29.4 Å². The molecule has 2 rings (SSSR count). The zero-order valence-electron chi connectivity index (χ0n) is 10.2. The molecule has 0 saturated carbocycles. The molecule has 0 saturated heterocycles. The van der Waals surface area contributed by atoms with E-state index in [1.54, 1.807) is 6.07 Å². The molecule has 0 fully saturated rings. The lowest BCUT2D eigenvalue weighted by Gasteiger charge is -2.04. The van der Waals surface area contributed by atoms with Crippen molar-refractivity contribution in [1.29, 1.82) is 0 Å². The highest BCUT2D eigenvalue weighted by atomic mass is 16.1. The van der Waals surface area contributed by atoms with Crippen LogP contribution in [0.2, 0.25) is 0 Å². The lowest BCUT2D eigenvalue weighted by Crippen LogP contribution is -2.23. The molecule has 0 unspecified atom stereocenters. The average Bonchev–Trinajstić information content (AvgIpc) is 2.37. The Labute approximate surface area is 102 Å². The number of rotatable bonds is 3. The molecule has 1 N–H and O–H groups in total. The van der Waals surface area contributed by atoms with Gasteiger partial charge < -0.3 is 5.32 Å². The molecule has 0 aliphatic heterocycles. The van der Waals surface area contributed by atoms with Gasteiger partial charge in [0, 0.05) is 13.4 Å². The van der Waals surface area contributed by atoms with E-state index in [9.17, 15) is 4.79 Å². The van der Waals surface area contributed by atoms with Gasteiger partial charge in [0.15, 0.2) is 0 Å². The smallest absolute Gasteiger partial charge is 0.269 e. The van der Waals surface area contributed by atoms with Crippen molar-refractivity contribution in [3.8, 4) is 0 Å². The number of aromatic nitrogens is 1. The molecule has 0 aliphatic carbocycles. The van der Waals surface area contributed by atoms with Crippen molar-refractivity contribution in [2.45, 2.75) is 20.3 Å². The van der Waals surface area contributed by atoms with Crippen molar-refractivity contribution in [3.63, 3.8) is 0 Å². The third-order valence-electron chi connectivity index (χ3n) is 2.73. The number of benzene rings is 1. The quantitative estimate of drug-likeness (QED) is 0.881. The predicted molar refractivity (Wildman–Crippen MR) is 71.2 cm³/mol. The third kappa shape index (κ3) is 2.44. The van der Waals surface area contributed by atoms with Crippen LogP contribution in [-0.4, -0.2) is 17.4 Å². The lowest BCUT2D eigenvalue weighted by molar-refractivity contribution is 0.0951. The second-order valence-corrected chi connectivity index (χ2v) is 3.94. The Morgan fingerprint density at radius 3 is 2.82 bits per heavy atom. The van der Waals surface area contributed by atoms with Crippen LogP contribution in [0.25, 0.3) is 10.9 Å². The Hall–Kier alpha value is -1.90. The molecule has 17 heavy (non-hydrogen) atoms. The second kappa shape index (κ2) is 4.95. The Morgan fingerprint density at radius 1 is 1.29 bits per heavy atom. The van der Waals surface area contributed by atoms with Crippen molar-refractivity contribution >= 4 is 16.8 Å². The third-order valence-corrected chi connectivity index (χ3v) is 2.73. The number of amides is 1. The van der Waals surface area contributed by atoms with E-state index < -0.39 is 0 Å². The van der Waals surface area contributed by atoms with E-state index in [1.807, 2.05) is 19.1 Å². The average molecular weight is 230 g/mol. The highest BCUT2D eigenvalue weighted by Gasteiger charge is 2.06. The standard InChI is InChI=1S/C14H16N2O.H2/c1-3-10-5-7-12-11(9-10)6-8-13(16-12)14(17)15-4-2;/h5-9H,3-4H2,1-2H3,(H,15,17);1H. The van der Waals surface area contributed by atoms with Crippen LogP contribution in [0.1, 0.15) is 31.3 Å². The van der Waals surface area contributed by atoms with Crippen LogP contribution in [-0.2, 0) is 6.42 Å². The van der Waals surface area contributed by atoms with Crippen molar-refractivity contribution in [3.05, 3.63) is 41.6 Å². The van der Waals surface area contributed by atoms with E-state index >= 15 is 0 Å². The topological polar surface area (TPSA) is 42.0 Å². The van der Waals surface area contributed by atoms with Crippen LogP contribution in [0.4, 0.5) is 0 Å². The minimum absolute atomic E-state index is 0. The Kier molecular flexibility index (Phi) is 3.38. The molecule has 0 atom stereocenters. The number of hydrogen-bond donors (Lipinski definition) is 1. The summed E-state index contributed by atoms with van der Waals surface area (Å²) >= 11 is 0. The SMILES string of the molecule is CCNC(=O)c1ccc2cc(CC)ccc2n1.[HH]. The number of aryl methyl sites for hydroxylation is 1. The highest BCUT2D eigenvalue weighted by Crippen LogP contribution is 2.15. The number of pyridine rings is 1. The van der Waals surface area contributed by atoms with Gasteiger partial charge >= 0.3 is 0 Å². The molecule has 0 bridgehead atoms. The number of carbonyl (C=O) groups is 1. The van der Waals surface area contributed by atoms with Gasteiger partial charge in [0.25, 0.3) is 5.91 Å². The van der Waals surface area contributed by atoms with Crippen LogP contribution in [0.3, 0.4) is 0 Å². The fraction of sp³-hybridized carbons (Fsp3) is 0.286. The van der Waals surface area contributed by atoms with E-state index in [4.69, 9.17) is 0 Å². The first-order valence-electron chi connectivity index (χ1n) is 5.92. The largest absolute Gasteiger partial charge is 0.351 e. The minimum Gasteiger partial charge on any atom is -0.351 e. The van der Waals surface area contributed by atoms with Crippen LogP contribution in [0.5, 0.6) is 0 Å². The molecular formula is C14H18N2O. The summed E-state index contributed by atoms with van der Waals surface area (Å²) in [5.74, 6) is -0.117. The fourth-order valence-electron chi connectivity index (χ4n) is 1.77. The van der Waals surface area contributed by atoms with Gasteiger partial charge in [-0.25, -0.2) is 4.98 Å². The van der Waals surface area contributed by atoms with E-state index in [1.165, 1.54) is 5.56 Å². The Balaban J connectivity index is 0.00000162. The summed E-state index contributed by atoms with van der Waals surface area (Å²) in [5.41, 5.74) is 2.62. The van der Waals surface area contributed by atoms with Crippen LogP contribution < -0.4 is 5.32 Å². The van der Waals surface area contributed by atoms with Crippen molar-refractivity contribution < 1.29 is 6.22 Å². The molecule has 3 nitrogen and oxygen atoms in total. The summed E-state index contributed by atoms with van der Waals surface area (Å²) in [5, 5.41) is 3.83. The van der Waals surface area contributed by atoms with Crippen LogP contribution >= 0.6 is 0 Å². The van der Waals surface area contributed by atoms with Gasteiger partial charge in [0.05, 0.1) is 5.52 Å². The zero-order chi connectivity index (χ0) is 12.3. The monoisotopic (exact) mass is 230 g/mol. The fourth-order valence-corrected chi connectivity index (χ4v) is 1.77. The molecule has 3 heteroatoms. The summed E-state index contributed by atoms with van der Waals surface area (Å²) < 4.78 is 0. The normalized spacial score (nSPS) is 10.5. The van der Waals surface area contributed by atoms with Gasteiger partial charge in [-0.1, -0.05) is 19.1 Å². The molecule has 1 heterocycles. The number of nitrogens with one attached hydrogen (secondary N) is 1. The molecule has 0 aliphatic rings. The first-order valence-corrected chi connectivity index (χ1v) is 5.92. The Morgan fingerprint density at radius 2 is 2.12 bits per heavy atom. The van der Waals surface area contributed by atoms with E-state index in [0.717, 1.165) is 17.3 Å². The van der Waals surface area contributed by atoms with Crippen molar-refractivity contribution in [1.82, 2.24) is 10.3 Å². The van der Waals surface area contributed by atoms with Gasteiger partial charge in [-0.05, 0) is 37.1 Å². The summed E-state index contributed by atoms with van der Waals surface area (Å²) in [7, 11) is 0. The number of nitrogens with zero attached hydrogens (tertiary/aromatic N) is 1.